The number of nitrogens with zero attached hydrogens (tertiary/aromatic N) is 3. The van der Waals surface area contributed by atoms with E-state index >= 15 is 0 Å². The molecule has 0 aliphatic rings. The molecule has 0 fully saturated rings. The Hall–Kier alpha value is -3.13. The quantitative estimate of drug-likeness (QED) is 0.557. The van der Waals surface area contributed by atoms with Crippen LogP contribution in [0.3, 0.4) is 0 Å². The van der Waals surface area contributed by atoms with Crippen LogP contribution in [-0.2, 0) is 17.8 Å². The second-order valence-electron chi connectivity index (χ2n) is 6.50. The van der Waals surface area contributed by atoms with Crippen molar-refractivity contribution in [2.24, 2.45) is 5.73 Å². The average Bonchev–Trinajstić information content (AvgIpc) is 3.10. The molecule has 2 amide bonds. The average molecular weight is 410 g/mol. The predicted molar refractivity (Wildman–Crippen MR) is 114 cm³/mol. The molecule has 29 heavy (non-hydrogen) atoms. The summed E-state index contributed by atoms with van der Waals surface area (Å²) < 4.78 is 2.03. The second kappa shape index (κ2) is 9.38. The van der Waals surface area contributed by atoms with Gasteiger partial charge in [-0.3, -0.25) is 9.59 Å². The summed E-state index contributed by atoms with van der Waals surface area (Å²) in [6.45, 7) is 4.58. The summed E-state index contributed by atoms with van der Waals surface area (Å²) in [6.07, 6.45) is 0.690. The molecule has 0 bridgehead atoms. The van der Waals surface area contributed by atoms with Crippen molar-refractivity contribution in [2.45, 2.75) is 37.2 Å². The number of carbonyl (C=O) groups excluding carboxylic acids is 2. The standard InChI is InChI=1S/C21H23N5O2S/c1-3-26-18(13-15-7-5-4-6-8-15)24-25-21(26)29-14(2)20(28)23-17-11-9-16(10-12-17)19(22)27/h4-12,14H,3,13H2,1-2H3,(H2,22,27)(H,23,28). The van der Waals surface area contributed by atoms with Crippen molar-refractivity contribution < 1.29 is 9.59 Å². The van der Waals surface area contributed by atoms with Crippen LogP contribution in [0, 0.1) is 0 Å². The van der Waals surface area contributed by atoms with Gasteiger partial charge in [0, 0.05) is 24.2 Å². The molecule has 3 aromatic rings. The van der Waals surface area contributed by atoms with Gasteiger partial charge in [0.05, 0.1) is 5.25 Å². The molecule has 0 saturated carbocycles. The third-order valence-corrected chi connectivity index (χ3v) is 5.48. The SMILES string of the molecule is CCn1c(Cc2ccccc2)nnc1SC(C)C(=O)Nc1ccc(C(N)=O)cc1. The number of rotatable bonds is 8. The first-order valence-corrected chi connectivity index (χ1v) is 10.2. The molecule has 1 unspecified atom stereocenters. The van der Waals surface area contributed by atoms with Crippen molar-refractivity contribution in [3.63, 3.8) is 0 Å². The Kier molecular flexibility index (Phi) is 6.66. The molecule has 1 atom stereocenters. The maximum atomic E-state index is 12.6. The minimum absolute atomic E-state index is 0.155. The third kappa shape index (κ3) is 5.23. The lowest BCUT2D eigenvalue weighted by Gasteiger charge is -2.13. The Bertz CT molecular complexity index is 986. The lowest BCUT2D eigenvalue weighted by Crippen LogP contribution is -2.23. The third-order valence-electron chi connectivity index (χ3n) is 4.40. The molecule has 0 radical (unpaired) electrons. The Morgan fingerprint density at radius 2 is 1.79 bits per heavy atom. The number of nitrogens with one attached hydrogen (secondary N) is 1. The molecule has 8 heteroatoms. The van der Waals surface area contributed by atoms with E-state index < -0.39 is 5.91 Å². The monoisotopic (exact) mass is 409 g/mol. The fraction of sp³-hybridized carbons (Fsp3) is 0.238. The van der Waals surface area contributed by atoms with Crippen LogP contribution >= 0.6 is 11.8 Å². The van der Waals surface area contributed by atoms with E-state index in [9.17, 15) is 9.59 Å². The van der Waals surface area contributed by atoms with E-state index in [4.69, 9.17) is 5.73 Å². The highest BCUT2D eigenvalue weighted by molar-refractivity contribution is 8.00. The van der Waals surface area contributed by atoms with Crippen LogP contribution in [0.1, 0.15) is 35.6 Å². The summed E-state index contributed by atoms with van der Waals surface area (Å²) in [7, 11) is 0. The summed E-state index contributed by atoms with van der Waals surface area (Å²) in [5.41, 5.74) is 7.40. The first-order chi connectivity index (χ1) is 14.0. The molecule has 7 nitrogen and oxygen atoms in total. The predicted octanol–water partition coefficient (Wildman–Crippen LogP) is 3.11. The number of aromatic nitrogens is 3. The Morgan fingerprint density at radius 3 is 2.41 bits per heavy atom. The van der Waals surface area contributed by atoms with E-state index in [1.54, 1.807) is 24.3 Å². The van der Waals surface area contributed by atoms with Gasteiger partial charge in [0.15, 0.2) is 5.16 Å². The first kappa shape index (κ1) is 20.6. The smallest absolute Gasteiger partial charge is 0.248 e. The lowest BCUT2D eigenvalue weighted by atomic mass is 10.1. The summed E-state index contributed by atoms with van der Waals surface area (Å²) in [5, 5.41) is 11.8. The number of hydrogen-bond acceptors (Lipinski definition) is 5. The molecule has 0 spiro atoms. The van der Waals surface area contributed by atoms with E-state index in [1.165, 1.54) is 11.8 Å². The number of benzene rings is 2. The van der Waals surface area contributed by atoms with Crippen LogP contribution in [0.25, 0.3) is 0 Å². The summed E-state index contributed by atoms with van der Waals surface area (Å²) in [6, 6.07) is 16.6. The van der Waals surface area contributed by atoms with Gasteiger partial charge in [-0.25, -0.2) is 0 Å². The molecule has 1 heterocycles. The number of carbonyl (C=O) groups is 2. The van der Waals surface area contributed by atoms with Gasteiger partial charge < -0.3 is 15.6 Å². The minimum atomic E-state index is -0.503. The van der Waals surface area contributed by atoms with E-state index in [1.807, 2.05) is 36.6 Å². The molecular formula is C21H23N5O2S. The van der Waals surface area contributed by atoms with E-state index in [0.717, 1.165) is 17.9 Å². The van der Waals surface area contributed by atoms with Gasteiger partial charge in [-0.1, -0.05) is 42.1 Å². The van der Waals surface area contributed by atoms with Crippen LogP contribution in [-0.4, -0.2) is 31.8 Å². The fourth-order valence-corrected chi connectivity index (χ4v) is 3.74. The van der Waals surface area contributed by atoms with Gasteiger partial charge in [-0.2, -0.15) is 0 Å². The lowest BCUT2D eigenvalue weighted by molar-refractivity contribution is -0.115. The van der Waals surface area contributed by atoms with Crippen molar-refractivity contribution in [1.82, 2.24) is 14.8 Å². The molecule has 0 aliphatic carbocycles. The summed E-state index contributed by atoms with van der Waals surface area (Å²) in [4.78, 5) is 23.7. The molecule has 3 rings (SSSR count). The summed E-state index contributed by atoms with van der Waals surface area (Å²) in [5.74, 6) is 0.213. The number of hydrogen-bond donors (Lipinski definition) is 2. The van der Waals surface area contributed by atoms with Crippen molar-refractivity contribution in [3.05, 3.63) is 71.5 Å². The highest BCUT2D eigenvalue weighted by Gasteiger charge is 2.20. The Balaban J connectivity index is 1.65. The molecule has 1 aromatic heterocycles. The zero-order valence-electron chi connectivity index (χ0n) is 16.3. The molecular weight excluding hydrogens is 386 g/mol. The maximum Gasteiger partial charge on any atom is 0.248 e. The van der Waals surface area contributed by atoms with Crippen molar-refractivity contribution in [3.8, 4) is 0 Å². The van der Waals surface area contributed by atoms with Crippen LogP contribution < -0.4 is 11.1 Å². The van der Waals surface area contributed by atoms with Gasteiger partial charge in [-0.05, 0) is 43.7 Å². The van der Waals surface area contributed by atoms with Gasteiger partial charge >= 0.3 is 0 Å². The summed E-state index contributed by atoms with van der Waals surface area (Å²) >= 11 is 1.36. The molecule has 0 saturated heterocycles. The highest BCUT2D eigenvalue weighted by atomic mass is 32.2. The first-order valence-electron chi connectivity index (χ1n) is 9.31. The van der Waals surface area contributed by atoms with Crippen LogP contribution in [0.5, 0.6) is 0 Å². The van der Waals surface area contributed by atoms with Crippen LogP contribution in [0.4, 0.5) is 5.69 Å². The van der Waals surface area contributed by atoms with E-state index in [2.05, 4.69) is 27.6 Å². The van der Waals surface area contributed by atoms with Crippen LogP contribution in [0.15, 0.2) is 59.8 Å². The number of amides is 2. The molecule has 3 N–H and O–H groups in total. The Morgan fingerprint density at radius 1 is 1.10 bits per heavy atom. The number of primary amides is 1. The van der Waals surface area contributed by atoms with Crippen LogP contribution in [0.2, 0.25) is 0 Å². The Labute approximate surface area is 173 Å². The van der Waals surface area contributed by atoms with Crippen molar-refractivity contribution in [1.29, 1.82) is 0 Å². The second-order valence-corrected chi connectivity index (χ2v) is 7.80. The molecule has 150 valence electrons. The van der Waals surface area contributed by atoms with E-state index in [-0.39, 0.29) is 11.2 Å². The van der Waals surface area contributed by atoms with E-state index in [0.29, 0.717) is 22.8 Å². The van der Waals surface area contributed by atoms with Crippen molar-refractivity contribution >= 4 is 29.3 Å². The van der Waals surface area contributed by atoms with Gasteiger partial charge in [0.2, 0.25) is 11.8 Å². The fourth-order valence-electron chi connectivity index (χ4n) is 2.81. The highest BCUT2D eigenvalue weighted by Crippen LogP contribution is 2.24. The molecule has 2 aromatic carbocycles. The van der Waals surface area contributed by atoms with Crippen molar-refractivity contribution in [2.75, 3.05) is 5.32 Å². The minimum Gasteiger partial charge on any atom is -0.366 e. The normalized spacial score (nSPS) is 11.8. The number of thioether (sulfide) groups is 1. The maximum absolute atomic E-state index is 12.6. The molecule has 0 aliphatic heterocycles. The zero-order chi connectivity index (χ0) is 20.8. The number of nitrogens with two attached hydrogens (primary N) is 1. The zero-order valence-corrected chi connectivity index (χ0v) is 17.1. The van der Waals surface area contributed by atoms with Gasteiger partial charge in [0.1, 0.15) is 5.82 Å². The van der Waals surface area contributed by atoms with Gasteiger partial charge in [-0.15, -0.1) is 10.2 Å². The van der Waals surface area contributed by atoms with Gasteiger partial charge in [0.25, 0.3) is 0 Å². The largest absolute Gasteiger partial charge is 0.366 e. The topological polar surface area (TPSA) is 103 Å². The number of anilines is 1.